The number of aryl methyl sites for hydroxylation is 1. The van der Waals surface area contributed by atoms with Gasteiger partial charge in [0.25, 0.3) is 0 Å². The van der Waals surface area contributed by atoms with E-state index in [2.05, 4.69) is 15.9 Å². The Labute approximate surface area is 124 Å². The molecule has 0 spiro atoms. The summed E-state index contributed by atoms with van der Waals surface area (Å²) >= 11 is 4.85. The van der Waals surface area contributed by atoms with Crippen molar-refractivity contribution < 1.29 is 9.18 Å². The van der Waals surface area contributed by atoms with E-state index in [0.717, 1.165) is 9.37 Å². The van der Waals surface area contributed by atoms with Crippen molar-refractivity contribution in [2.75, 3.05) is 5.75 Å². The summed E-state index contributed by atoms with van der Waals surface area (Å²) in [6.07, 6.45) is 0. The molecule has 0 aliphatic rings. The van der Waals surface area contributed by atoms with Crippen LogP contribution in [-0.4, -0.2) is 11.5 Å². The zero-order chi connectivity index (χ0) is 13.8. The van der Waals surface area contributed by atoms with Crippen molar-refractivity contribution in [2.24, 2.45) is 0 Å². The van der Waals surface area contributed by atoms with Gasteiger partial charge in [0.05, 0.1) is 5.75 Å². The van der Waals surface area contributed by atoms with Gasteiger partial charge in [-0.15, -0.1) is 11.8 Å². The molecule has 0 fully saturated rings. The fourth-order valence-corrected chi connectivity index (χ4v) is 2.74. The van der Waals surface area contributed by atoms with Crippen LogP contribution in [0.15, 0.2) is 51.8 Å². The third-order valence-electron chi connectivity index (χ3n) is 2.67. The van der Waals surface area contributed by atoms with Crippen LogP contribution in [0.2, 0.25) is 0 Å². The van der Waals surface area contributed by atoms with Gasteiger partial charge in [0.15, 0.2) is 5.78 Å². The highest BCUT2D eigenvalue weighted by atomic mass is 79.9. The van der Waals surface area contributed by atoms with Crippen LogP contribution >= 0.6 is 27.7 Å². The molecule has 0 radical (unpaired) electrons. The highest BCUT2D eigenvalue weighted by Gasteiger charge is 2.10. The van der Waals surface area contributed by atoms with Crippen LogP contribution < -0.4 is 0 Å². The number of hydrogen-bond donors (Lipinski definition) is 0. The predicted octanol–water partition coefficient (Wildman–Crippen LogP) is 4.87. The molecule has 0 aliphatic heterocycles. The Bertz CT molecular complexity index is 596. The SMILES string of the molecule is Cc1cc(F)ccc1C(=O)CSc1ccc(Br)cc1. The second-order valence-corrected chi connectivity index (χ2v) is 6.09. The molecule has 2 rings (SSSR count). The maximum absolute atomic E-state index is 13.0. The van der Waals surface area contributed by atoms with Gasteiger partial charge in [-0.25, -0.2) is 4.39 Å². The van der Waals surface area contributed by atoms with Crippen molar-refractivity contribution in [3.8, 4) is 0 Å². The monoisotopic (exact) mass is 338 g/mol. The first-order chi connectivity index (χ1) is 9.06. The zero-order valence-electron chi connectivity index (χ0n) is 10.3. The predicted molar refractivity (Wildman–Crippen MR) is 80.3 cm³/mol. The van der Waals surface area contributed by atoms with E-state index in [9.17, 15) is 9.18 Å². The maximum Gasteiger partial charge on any atom is 0.173 e. The molecule has 1 nitrogen and oxygen atoms in total. The van der Waals surface area contributed by atoms with Gasteiger partial charge in [-0.05, 0) is 55.0 Å². The highest BCUT2D eigenvalue weighted by molar-refractivity contribution is 9.10. The van der Waals surface area contributed by atoms with Crippen molar-refractivity contribution >= 4 is 33.5 Å². The number of ketones is 1. The molecule has 0 aromatic heterocycles. The molecule has 98 valence electrons. The second-order valence-electron chi connectivity index (χ2n) is 4.13. The molecule has 0 heterocycles. The first kappa shape index (κ1) is 14.3. The van der Waals surface area contributed by atoms with E-state index in [1.165, 1.54) is 23.9 Å². The lowest BCUT2D eigenvalue weighted by Gasteiger charge is -2.05. The Morgan fingerprint density at radius 2 is 1.89 bits per heavy atom. The number of thioether (sulfide) groups is 1. The van der Waals surface area contributed by atoms with Crippen molar-refractivity contribution in [3.05, 3.63) is 63.9 Å². The largest absolute Gasteiger partial charge is 0.293 e. The first-order valence-electron chi connectivity index (χ1n) is 5.74. The number of hydrogen-bond acceptors (Lipinski definition) is 2. The average Bonchev–Trinajstić information content (AvgIpc) is 2.37. The fourth-order valence-electron chi connectivity index (χ4n) is 1.70. The van der Waals surface area contributed by atoms with Gasteiger partial charge in [-0.3, -0.25) is 4.79 Å². The minimum Gasteiger partial charge on any atom is -0.293 e. The lowest BCUT2D eigenvalue weighted by atomic mass is 10.1. The third kappa shape index (κ3) is 3.91. The van der Waals surface area contributed by atoms with Crippen LogP contribution in [0.5, 0.6) is 0 Å². The Hall–Kier alpha value is -1.13. The van der Waals surface area contributed by atoms with E-state index < -0.39 is 0 Å². The number of Topliss-reactive ketones (excluding diaryl/α,β-unsaturated/α-hetero) is 1. The summed E-state index contributed by atoms with van der Waals surface area (Å²) in [4.78, 5) is 13.1. The van der Waals surface area contributed by atoms with Crippen LogP contribution in [0, 0.1) is 12.7 Å². The molecular weight excluding hydrogens is 327 g/mol. The minimum atomic E-state index is -0.311. The summed E-state index contributed by atoms with van der Waals surface area (Å²) in [7, 11) is 0. The molecule has 0 bridgehead atoms. The molecule has 4 heteroatoms. The molecule has 0 saturated heterocycles. The van der Waals surface area contributed by atoms with Crippen molar-refractivity contribution in [1.29, 1.82) is 0 Å². The zero-order valence-corrected chi connectivity index (χ0v) is 12.7. The minimum absolute atomic E-state index is 0.0189. The fraction of sp³-hybridized carbons (Fsp3) is 0.133. The summed E-state index contributed by atoms with van der Waals surface area (Å²) in [5.74, 6) is 0.0636. The molecule has 0 amide bonds. The maximum atomic E-state index is 13.0. The van der Waals surface area contributed by atoms with E-state index in [-0.39, 0.29) is 11.6 Å². The number of carbonyl (C=O) groups excluding carboxylic acids is 1. The van der Waals surface area contributed by atoms with Gasteiger partial charge < -0.3 is 0 Å². The van der Waals surface area contributed by atoms with E-state index >= 15 is 0 Å². The normalized spacial score (nSPS) is 10.5. The van der Waals surface area contributed by atoms with E-state index in [1.54, 1.807) is 13.0 Å². The summed E-state index contributed by atoms with van der Waals surface area (Å²) < 4.78 is 14.0. The molecule has 2 aromatic rings. The second kappa shape index (κ2) is 6.35. The van der Waals surface area contributed by atoms with Gasteiger partial charge >= 0.3 is 0 Å². The molecule has 0 aliphatic carbocycles. The average molecular weight is 339 g/mol. The number of carbonyl (C=O) groups is 1. The third-order valence-corrected chi connectivity index (χ3v) is 4.21. The molecule has 19 heavy (non-hydrogen) atoms. The Morgan fingerprint density at radius 3 is 2.53 bits per heavy atom. The quantitative estimate of drug-likeness (QED) is 0.584. The van der Waals surface area contributed by atoms with Gasteiger partial charge in [0, 0.05) is 14.9 Å². The van der Waals surface area contributed by atoms with Crippen LogP contribution in [-0.2, 0) is 0 Å². The molecule has 0 atom stereocenters. The highest BCUT2D eigenvalue weighted by Crippen LogP contribution is 2.22. The Balaban J connectivity index is 2.03. The van der Waals surface area contributed by atoms with Crippen molar-refractivity contribution in [2.45, 2.75) is 11.8 Å². The van der Waals surface area contributed by atoms with Crippen LogP contribution in [0.1, 0.15) is 15.9 Å². The standard InChI is InChI=1S/C15H12BrFOS/c1-10-8-12(17)4-7-14(10)15(18)9-19-13-5-2-11(16)3-6-13/h2-8H,9H2,1H3. The smallest absolute Gasteiger partial charge is 0.173 e. The lowest BCUT2D eigenvalue weighted by Crippen LogP contribution is -2.05. The van der Waals surface area contributed by atoms with E-state index in [1.807, 2.05) is 24.3 Å². The number of benzene rings is 2. The van der Waals surface area contributed by atoms with Gasteiger partial charge in [0.1, 0.15) is 5.82 Å². The first-order valence-corrected chi connectivity index (χ1v) is 7.52. The number of rotatable bonds is 4. The van der Waals surface area contributed by atoms with Crippen molar-refractivity contribution in [1.82, 2.24) is 0 Å². The molecule has 0 unspecified atom stereocenters. The summed E-state index contributed by atoms with van der Waals surface area (Å²) in [5, 5.41) is 0. The van der Waals surface area contributed by atoms with Gasteiger partial charge in [0.2, 0.25) is 0 Å². The summed E-state index contributed by atoms with van der Waals surface area (Å²) in [6, 6.07) is 12.1. The molecule has 0 saturated carbocycles. The van der Waals surface area contributed by atoms with Gasteiger partial charge in [-0.1, -0.05) is 15.9 Å². The summed E-state index contributed by atoms with van der Waals surface area (Å²) in [6.45, 7) is 1.75. The molecule has 0 N–H and O–H groups in total. The van der Waals surface area contributed by atoms with E-state index in [4.69, 9.17) is 0 Å². The van der Waals surface area contributed by atoms with Crippen LogP contribution in [0.3, 0.4) is 0 Å². The molecule has 2 aromatic carbocycles. The molecular formula is C15H12BrFOS. The van der Waals surface area contributed by atoms with Gasteiger partial charge in [-0.2, -0.15) is 0 Å². The Morgan fingerprint density at radius 1 is 1.21 bits per heavy atom. The Kier molecular flexibility index (Phi) is 4.77. The summed E-state index contributed by atoms with van der Waals surface area (Å²) in [5.41, 5.74) is 1.27. The lowest BCUT2D eigenvalue weighted by molar-refractivity contribution is 0.102. The van der Waals surface area contributed by atoms with E-state index in [0.29, 0.717) is 16.9 Å². The van der Waals surface area contributed by atoms with Crippen molar-refractivity contribution in [3.63, 3.8) is 0 Å². The number of halogens is 2. The topological polar surface area (TPSA) is 17.1 Å². The van der Waals surface area contributed by atoms with Crippen LogP contribution in [0.25, 0.3) is 0 Å². The van der Waals surface area contributed by atoms with Crippen LogP contribution in [0.4, 0.5) is 4.39 Å².